The van der Waals surface area contributed by atoms with E-state index in [0.717, 1.165) is 64.2 Å². The molecule has 0 spiro atoms. The summed E-state index contributed by atoms with van der Waals surface area (Å²) in [4.78, 5) is 12.8. The number of carbonyl (C=O) groups excluding carboxylic acids is 1. The summed E-state index contributed by atoms with van der Waals surface area (Å²) in [6.07, 6.45) is 11.3. The van der Waals surface area contributed by atoms with Gasteiger partial charge in [-0.25, -0.2) is 0 Å². The van der Waals surface area contributed by atoms with Gasteiger partial charge in [-0.1, -0.05) is 109 Å². The van der Waals surface area contributed by atoms with Crippen molar-refractivity contribution in [3.63, 3.8) is 0 Å². The molecule has 55 heavy (non-hydrogen) atoms. The highest BCUT2D eigenvalue weighted by Gasteiger charge is 2.47. The Morgan fingerprint density at radius 2 is 1.15 bits per heavy atom. The van der Waals surface area contributed by atoms with Gasteiger partial charge >= 0.3 is 5.97 Å². The fourth-order valence-electron chi connectivity index (χ4n) is 6.42. The number of allylic oxidation sites excluding steroid dienone is 4. The van der Waals surface area contributed by atoms with E-state index in [2.05, 4.69) is 38.2 Å². The molecule has 0 aromatic carbocycles. The van der Waals surface area contributed by atoms with Gasteiger partial charge < -0.3 is 64.2 Å². The summed E-state index contributed by atoms with van der Waals surface area (Å²) < 4.78 is 33.9. The first-order chi connectivity index (χ1) is 26.6. The lowest BCUT2D eigenvalue weighted by Crippen LogP contribution is -2.61. The van der Waals surface area contributed by atoms with Gasteiger partial charge in [0.15, 0.2) is 12.6 Å². The lowest BCUT2D eigenvalue weighted by Gasteiger charge is -2.42. The van der Waals surface area contributed by atoms with E-state index < -0.39 is 86.7 Å². The van der Waals surface area contributed by atoms with Gasteiger partial charge in [-0.05, 0) is 38.5 Å². The van der Waals surface area contributed by atoms with E-state index in [1.54, 1.807) is 0 Å². The van der Waals surface area contributed by atoms with Crippen LogP contribution in [0.3, 0.4) is 0 Å². The molecule has 322 valence electrons. The number of esters is 1. The van der Waals surface area contributed by atoms with Crippen LogP contribution in [0.2, 0.25) is 0 Å². The molecule has 11 unspecified atom stereocenters. The number of hydrogen-bond donors (Lipinski definition) is 7. The fourth-order valence-corrected chi connectivity index (χ4v) is 6.42. The van der Waals surface area contributed by atoms with Crippen molar-refractivity contribution < 1.29 is 69.0 Å². The maximum atomic E-state index is 12.8. The molecule has 0 bridgehead atoms. The van der Waals surface area contributed by atoms with Crippen LogP contribution in [-0.4, -0.2) is 142 Å². The van der Waals surface area contributed by atoms with Crippen LogP contribution in [0.15, 0.2) is 24.3 Å². The average Bonchev–Trinajstić information content (AvgIpc) is 3.18. The molecule has 2 heterocycles. The molecule has 2 aliphatic heterocycles. The summed E-state index contributed by atoms with van der Waals surface area (Å²) in [5.74, 6) is -0.394. The van der Waals surface area contributed by atoms with E-state index in [1.807, 2.05) is 0 Å². The second-order valence-electron chi connectivity index (χ2n) is 14.8. The van der Waals surface area contributed by atoms with Crippen LogP contribution in [0, 0.1) is 0 Å². The maximum Gasteiger partial charge on any atom is 0.306 e. The van der Waals surface area contributed by atoms with Crippen molar-refractivity contribution in [2.45, 2.75) is 197 Å². The first-order valence-electron chi connectivity index (χ1n) is 20.9. The smallest absolute Gasteiger partial charge is 0.306 e. The van der Waals surface area contributed by atoms with Crippen molar-refractivity contribution in [3.05, 3.63) is 24.3 Å². The third kappa shape index (κ3) is 20.1. The van der Waals surface area contributed by atoms with Crippen LogP contribution in [0.25, 0.3) is 0 Å². The summed E-state index contributed by atoms with van der Waals surface area (Å²) >= 11 is 0. The zero-order valence-electron chi connectivity index (χ0n) is 33.4. The van der Waals surface area contributed by atoms with E-state index in [4.69, 9.17) is 28.4 Å². The molecule has 2 rings (SSSR count). The number of rotatable bonds is 31. The summed E-state index contributed by atoms with van der Waals surface area (Å²) in [5, 5.41) is 71.6. The average molecular weight is 791 g/mol. The van der Waals surface area contributed by atoms with Gasteiger partial charge in [0.05, 0.1) is 26.4 Å². The second-order valence-corrected chi connectivity index (χ2v) is 14.8. The van der Waals surface area contributed by atoms with Crippen LogP contribution in [0.1, 0.15) is 129 Å². The molecule has 0 aliphatic carbocycles. The Morgan fingerprint density at radius 3 is 1.80 bits per heavy atom. The van der Waals surface area contributed by atoms with E-state index >= 15 is 0 Å². The van der Waals surface area contributed by atoms with E-state index in [1.165, 1.54) is 38.5 Å². The topological polar surface area (TPSA) is 214 Å². The van der Waals surface area contributed by atoms with E-state index in [9.17, 15) is 40.5 Å². The number of unbranched alkanes of at least 4 members (excludes halogenated alkanes) is 13. The molecule has 11 atom stereocenters. The third-order valence-corrected chi connectivity index (χ3v) is 9.96. The summed E-state index contributed by atoms with van der Waals surface area (Å²) in [5.41, 5.74) is 0. The molecule has 0 amide bonds. The zero-order valence-corrected chi connectivity index (χ0v) is 33.4. The molecule has 0 aromatic rings. The molecule has 2 aliphatic rings. The van der Waals surface area contributed by atoms with Crippen molar-refractivity contribution in [2.24, 2.45) is 0 Å². The van der Waals surface area contributed by atoms with Gasteiger partial charge in [-0.3, -0.25) is 4.79 Å². The number of ether oxygens (including phenoxy) is 6. The van der Waals surface area contributed by atoms with Crippen LogP contribution in [0.5, 0.6) is 0 Å². The Kier molecular flexibility index (Phi) is 27.5. The molecule has 14 heteroatoms. The van der Waals surface area contributed by atoms with Crippen molar-refractivity contribution in [1.29, 1.82) is 0 Å². The highest BCUT2D eigenvalue weighted by molar-refractivity contribution is 5.69. The minimum absolute atomic E-state index is 0.0568. The van der Waals surface area contributed by atoms with Crippen LogP contribution < -0.4 is 0 Å². The molecular formula is C41H74O14. The maximum absolute atomic E-state index is 12.8. The molecule has 14 nitrogen and oxygen atoms in total. The highest BCUT2D eigenvalue weighted by atomic mass is 16.7. The summed E-state index contributed by atoms with van der Waals surface area (Å²) in [6, 6.07) is 0. The quantitative estimate of drug-likeness (QED) is 0.0303. The van der Waals surface area contributed by atoms with Crippen LogP contribution in [-0.2, 0) is 33.2 Å². The van der Waals surface area contributed by atoms with Gasteiger partial charge in [-0.15, -0.1) is 0 Å². The Bertz CT molecular complexity index is 1010. The lowest BCUT2D eigenvalue weighted by atomic mass is 9.98. The SMILES string of the molecule is CCCC/C=C\C/C=C\CCCCCCCC(=O)OC(COCCCCCCCCC)COC1OC(COC2OC(CO)C(O)C(O)C2O)C(O)C(O)C1O. The highest BCUT2D eigenvalue weighted by Crippen LogP contribution is 2.26. The normalized spacial score (nSPS) is 29.3. The Morgan fingerprint density at radius 1 is 0.600 bits per heavy atom. The third-order valence-electron chi connectivity index (χ3n) is 9.96. The van der Waals surface area contributed by atoms with Crippen LogP contribution >= 0.6 is 0 Å². The van der Waals surface area contributed by atoms with Gasteiger partial charge in [0.25, 0.3) is 0 Å². The Labute approximate surface area is 328 Å². The minimum atomic E-state index is -1.70. The van der Waals surface area contributed by atoms with E-state index in [0.29, 0.717) is 13.0 Å². The standard InChI is InChI=1S/C41H74O14/c1-3-5-7-9-11-12-13-14-15-16-17-18-20-22-24-33(43)53-30(27-50-25-23-21-19-10-8-6-4-2)28-51-40-39(49)37(47)35(45)32(55-40)29-52-41-38(48)36(46)34(44)31(26-42)54-41/h9,11,13-14,30-32,34-42,44-49H,3-8,10,12,15-29H2,1-2H3/b11-9-,14-13-. The molecular weight excluding hydrogens is 716 g/mol. The molecule has 2 fully saturated rings. The molecule has 0 saturated carbocycles. The molecule has 2 saturated heterocycles. The van der Waals surface area contributed by atoms with Gasteiger partial charge in [0.1, 0.15) is 54.9 Å². The monoisotopic (exact) mass is 791 g/mol. The van der Waals surface area contributed by atoms with Gasteiger partial charge in [0, 0.05) is 13.0 Å². The predicted octanol–water partition coefficient (Wildman–Crippen LogP) is 3.73. The largest absolute Gasteiger partial charge is 0.457 e. The molecule has 7 N–H and O–H groups in total. The summed E-state index contributed by atoms with van der Waals surface area (Å²) in [7, 11) is 0. The van der Waals surface area contributed by atoms with Crippen molar-refractivity contribution in [3.8, 4) is 0 Å². The first-order valence-corrected chi connectivity index (χ1v) is 20.9. The Balaban J connectivity index is 1.83. The fraction of sp³-hybridized carbons (Fsp3) is 0.878. The predicted molar refractivity (Wildman–Crippen MR) is 206 cm³/mol. The van der Waals surface area contributed by atoms with Crippen molar-refractivity contribution in [1.82, 2.24) is 0 Å². The number of aliphatic hydroxyl groups excluding tert-OH is 7. The first kappa shape index (κ1) is 49.6. The summed E-state index contributed by atoms with van der Waals surface area (Å²) in [6.45, 7) is 3.56. The molecule has 0 radical (unpaired) electrons. The number of hydrogen-bond acceptors (Lipinski definition) is 14. The van der Waals surface area contributed by atoms with Crippen LogP contribution in [0.4, 0.5) is 0 Å². The zero-order chi connectivity index (χ0) is 40.3. The van der Waals surface area contributed by atoms with E-state index in [-0.39, 0.29) is 19.6 Å². The van der Waals surface area contributed by atoms with Crippen molar-refractivity contribution >= 4 is 5.97 Å². The van der Waals surface area contributed by atoms with Crippen molar-refractivity contribution in [2.75, 3.05) is 33.0 Å². The van der Waals surface area contributed by atoms with Gasteiger partial charge in [-0.2, -0.15) is 0 Å². The Hall–Kier alpha value is -1.53. The minimum Gasteiger partial charge on any atom is -0.457 e. The lowest BCUT2D eigenvalue weighted by molar-refractivity contribution is -0.332. The van der Waals surface area contributed by atoms with Gasteiger partial charge in [0.2, 0.25) is 0 Å². The number of carbonyl (C=O) groups is 1. The number of aliphatic hydroxyl groups is 7. The molecule has 0 aromatic heterocycles. The second kappa shape index (κ2) is 30.5.